The van der Waals surface area contributed by atoms with E-state index in [-0.39, 0.29) is 0 Å². The number of aliphatic hydroxyl groups excluding tert-OH is 1. The Hall–Kier alpha value is -0.570. The van der Waals surface area contributed by atoms with Crippen molar-refractivity contribution in [3.63, 3.8) is 0 Å². The van der Waals surface area contributed by atoms with Crippen molar-refractivity contribution >= 4 is 11.6 Å². The smallest absolute Gasteiger partial charge is 0.0665 e. The summed E-state index contributed by atoms with van der Waals surface area (Å²) >= 11 is 6.12. The van der Waals surface area contributed by atoms with Crippen molar-refractivity contribution in [3.05, 3.63) is 33.8 Å². The minimum absolute atomic E-state index is 0.308. The number of rotatable bonds is 4. The molecule has 0 aliphatic rings. The zero-order valence-electron chi connectivity index (χ0n) is 9.26. The van der Waals surface area contributed by atoms with Crippen molar-refractivity contribution in [2.45, 2.75) is 32.8 Å². The molecule has 0 amide bonds. The molecule has 0 bridgehead atoms. The van der Waals surface area contributed by atoms with Gasteiger partial charge in [-0.3, -0.25) is 0 Å². The minimum Gasteiger partial charge on any atom is -0.392 e. The molecular weight excluding hydrogens is 210 g/mol. The lowest BCUT2D eigenvalue weighted by Gasteiger charge is -2.10. The average Bonchev–Trinajstić information content (AvgIpc) is 2.21. The third kappa shape index (κ3) is 3.49. The molecule has 0 spiro atoms. The van der Waals surface area contributed by atoms with Crippen LogP contribution in [0.5, 0.6) is 0 Å². The van der Waals surface area contributed by atoms with Gasteiger partial charge in [-0.25, -0.2) is 0 Å². The lowest BCUT2D eigenvalue weighted by Crippen LogP contribution is -2.20. The fourth-order valence-corrected chi connectivity index (χ4v) is 1.79. The molecule has 0 saturated heterocycles. The Bertz CT molecular complexity index is 339. The number of nitrogens with two attached hydrogens (primary N) is 1. The van der Waals surface area contributed by atoms with E-state index in [4.69, 9.17) is 17.3 Å². The van der Waals surface area contributed by atoms with Crippen LogP contribution in [0, 0.1) is 13.8 Å². The molecule has 0 aliphatic heterocycles. The van der Waals surface area contributed by atoms with Gasteiger partial charge in [0.2, 0.25) is 0 Å². The number of benzene rings is 1. The van der Waals surface area contributed by atoms with Gasteiger partial charge in [0.1, 0.15) is 0 Å². The van der Waals surface area contributed by atoms with E-state index in [0.717, 1.165) is 17.0 Å². The molecule has 0 aliphatic carbocycles. The first kappa shape index (κ1) is 12.5. The van der Waals surface area contributed by atoms with Gasteiger partial charge in [0, 0.05) is 11.6 Å². The molecule has 1 atom stereocenters. The summed E-state index contributed by atoms with van der Waals surface area (Å²) in [5, 5.41) is 10.1. The van der Waals surface area contributed by atoms with Gasteiger partial charge in [-0.05, 0) is 49.4 Å². The van der Waals surface area contributed by atoms with E-state index in [1.54, 1.807) is 0 Å². The summed E-state index contributed by atoms with van der Waals surface area (Å²) in [6.45, 7) is 4.41. The SMILES string of the molecule is Cc1cc(Cl)c(CCC(O)CN)cc1C. The summed E-state index contributed by atoms with van der Waals surface area (Å²) < 4.78 is 0. The standard InChI is InChI=1S/C12H18ClNO/c1-8-5-10(3-4-11(15)7-14)12(13)6-9(8)2/h5-6,11,15H,3-4,7,14H2,1-2H3. The molecule has 0 radical (unpaired) electrons. The second-order valence-corrected chi connectivity index (χ2v) is 4.36. The van der Waals surface area contributed by atoms with Crippen molar-refractivity contribution in [1.29, 1.82) is 0 Å². The zero-order valence-corrected chi connectivity index (χ0v) is 10.0. The highest BCUT2D eigenvalue weighted by Crippen LogP contribution is 2.22. The van der Waals surface area contributed by atoms with Crippen molar-refractivity contribution in [3.8, 4) is 0 Å². The van der Waals surface area contributed by atoms with Gasteiger partial charge in [-0.15, -0.1) is 0 Å². The molecule has 1 aromatic carbocycles. The monoisotopic (exact) mass is 227 g/mol. The van der Waals surface area contributed by atoms with Crippen molar-refractivity contribution in [1.82, 2.24) is 0 Å². The Kier molecular flexibility index (Phi) is 4.58. The van der Waals surface area contributed by atoms with Crippen LogP contribution in [-0.2, 0) is 6.42 Å². The molecular formula is C12H18ClNO. The third-order valence-electron chi connectivity index (χ3n) is 2.68. The summed E-state index contributed by atoms with van der Waals surface area (Å²) in [5.74, 6) is 0. The molecule has 3 N–H and O–H groups in total. The fraction of sp³-hybridized carbons (Fsp3) is 0.500. The predicted molar refractivity (Wildman–Crippen MR) is 64.3 cm³/mol. The molecule has 1 aromatic rings. The lowest BCUT2D eigenvalue weighted by molar-refractivity contribution is 0.173. The fourth-order valence-electron chi connectivity index (χ4n) is 1.47. The zero-order chi connectivity index (χ0) is 11.4. The topological polar surface area (TPSA) is 46.2 Å². The van der Waals surface area contributed by atoms with E-state index >= 15 is 0 Å². The number of aryl methyl sites for hydroxylation is 3. The van der Waals surface area contributed by atoms with Crippen molar-refractivity contribution in [2.75, 3.05) is 6.54 Å². The Labute approximate surface area is 96.1 Å². The first-order valence-electron chi connectivity index (χ1n) is 5.18. The maximum Gasteiger partial charge on any atom is 0.0665 e. The Morgan fingerprint density at radius 1 is 1.33 bits per heavy atom. The van der Waals surface area contributed by atoms with Gasteiger partial charge < -0.3 is 10.8 Å². The van der Waals surface area contributed by atoms with Crippen LogP contribution < -0.4 is 5.73 Å². The first-order chi connectivity index (χ1) is 7.04. The highest BCUT2D eigenvalue weighted by molar-refractivity contribution is 6.31. The van der Waals surface area contributed by atoms with Gasteiger partial charge in [0.15, 0.2) is 0 Å². The molecule has 2 nitrogen and oxygen atoms in total. The molecule has 3 heteroatoms. The van der Waals surface area contributed by atoms with Crippen molar-refractivity contribution < 1.29 is 5.11 Å². The quantitative estimate of drug-likeness (QED) is 0.829. The van der Waals surface area contributed by atoms with Crippen LogP contribution >= 0.6 is 11.6 Å². The summed E-state index contributed by atoms with van der Waals surface area (Å²) in [6, 6.07) is 4.06. The van der Waals surface area contributed by atoms with E-state index in [0.29, 0.717) is 13.0 Å². The molecule has 1 rings (SSSR count). The first-order valence-corrected chi connectivity index (χ1v) is 5.56. The van der Waals surface area contributed by atoms with Gasteiger partial charge in [-0.2, -0.15) is 0 Å². The van der Waals surface area contributed by atoms with E-state index in [1.165, 1.54) is 11.1 Å². The van der Waals surface area contributed by atoms with Crippen LogP contribution in [-0.4, -0.2) is 17.8 Å². The lowest BCUT2D eigenvalue weighted by atomic mass is 10.0. The van der Waals surface area contributed by atoms with Crippen molar-refractivity contribution in [2.24, 2.45) is 5.73 Å². The summed E-state index contributed by atoms with van der Waals surface area (Å²) in [5.41, 5.74) is 8.87. The van der Waals surface area contributed by atoms with Gasteiger partial charge in [0.25, 0.3) is 0 Å². The summed E-state index contributed by atoms with van der Waals surface area (Å²) in [4.78, 5) is 0. The molecule has 0 saturated carbocycles. The van der Waals surface area contributed by atoms with Crippen LogP contribution in [0.3, 0.4) is 0 Å². The number of hydrogen-bond donors (Lipinski definition) is 2. The van der Waals surface area contributed by atoms with Gasteiger partial charge in [0.05, 0.1) is 6.10 Å². The predicted octanol–water partition coefficient (Wildman–Crippen LogP) is 2.21. The summed E-state index contributed by atoms with van der Waals surface area (Å²) in [6.07, 6.45) is 1.01. The number of hydrogen-bond acceptors (Lipinski definition) is 2. The van der Waals surface area contributed by atoms with Crippen LogP contribution in [0.4, 0.5) is 0 Å². The number of halogens is 1. The molecule has 1 unspecified atom stereocenters. The van der Waals surface area contributed by atoms with Gasteiger partial charge in [-0.1, -0.05) is 17.7 Å². The summed E-state index contributed by atoms with van der Waals surface area (Å²) in [7, 11) is 0. The van der Waals surface area contributed by atoms with Crippen LogP contribution in [0.15, 0.2) is 12.1 Å². The minimum atomic E-state index is -0.428. The highest BCUT2D eigenvalue weighted by Gasteiger charge is 2.06. The molecule has 0 aromatic heterocycles. The Balaban J connectivity index is 2.73. The second kappa shape index (κ2) is 5.50. The molecule has 15 heavy (non-hydrogen) atoms. The average molecular weight is 228 g/mol. The van der Waals surface area contributed by atoms with Crippen LogP contribution in [0.25, 0.3) is 0 Å². The largest absolute Gasteiger partial charge is 0.392 e. The van der Waals surface area contributed by atoms with E-state index in [2.05, 4.69) is 13.0 Å². The highest BCUT2D eigenvalue weighted by atomic mass is 35.5. The third-order valence-corrected chi connectivity index (χ3v) is 3.03. The number of aliphatic hydroxyl groups is 1. The van der Waals surface area contributed by atoms with Crippen LogP contribution in [0.1, 0.15) is 23.1 Å². The molecule has 0 fully saturated rings. The van der Waals surface area contributed by atoms with E-state index < -0.39 is 6.10 Å². The maximum atomic E-state index is 9.37. The normalized spacial score (nSPS) is 12.9. The van der Waals surface area contributed by atoms with Crippen LogP contribution in [0.2, 0.25) is 5.02 Å². The second-order valence-electron chi connectivity index (χ2n) is 3.96. The van der Waals surface area contributed by atoms with Gasteiger partial charge >= 0.3 is 0 Å². The molecule has 0 heterocycles. The molecule has 84 valence electrons. The van der Waals surface area contributed by atoms with E-state index in [1.807, 2.05) is 13.0 Å². The van der Waals surface area contributed by atoms with E-state index in [9.17, 15) is 5.11 Å². The Morgan fingerprint density at radius 2 is 1.93 bits per heavy atom. The Morgan fingerprint density at radius 3 is 2.53 bits per heavy atom. The maximum absolute atomic E-state index is 9.37.